The molecule has 0 radical (unpaired) electrons. The number of hydrogen-bond donors (Lipinski definition) is 4. The van der Waals surface area contributed by atoms with E-state index < -0.39 is 5.91 Å². The van der Waals surface area contributed by atoms with Gasteiger partial charge in [-0.3, -0.25) is 4.79 Å². The standard InChI is InChI=1S/C26H31N7O3/c34-20-11-12-21(22(35)17-20)23(36)27-18-7-9-19(10-8-18)28-24-29-25(32-13-3-1-4-14-32)31-26(30-24)33-15-5-2-6-16-33/h7-12,17,34-35H,1-6,13-16H2,(H,27,36)(H,28,29,30,31). The number of anilines is 5. The average molecular weight is 490 g/mol. The molecule has 1 aromatic heterocycles. The van der Waals surface area contributed by atoms with Gasteiger partial charge in [-0.1, -0.05) is 0 Å². The molecule has 0 saturated carbocycles. The molecule has 5 rings (SSSR count). The number of carbonyl (C=O) groups excluding carboxylic acids is 1. The molecule has 36 heavy (non-hydrogen) atoms. The van der Waals surface area contributed by atoms with Crippen molar-refractivity contribution < 1.29 is 15.0 Å². The number of phenolic OH excluding ortho intramolecular Hbond substituents is 2. The van der Waals surface area contributed by atoms with E-state index in [1.807, 2.05) is 12.1 Å². The molecule has 2 aliphatic rings. The molecule has 1 amide bonds. The van der Waals surface area contributed by atoms with Crippen LogP contribution in [0.25, 0.3) is 0 Å². The van der Waals surface area contributed by atoms with Gasteiger partial charge in [-0.05, 0) is 74.9 Å². The lowest BCUT2D eigenvalue weighted by Crippen LogP contribution is -2.34. The Morgan fingerprint density at radius 2 is 1.28 bits per heavy atom. The van der Waals surface area contributed by atoms with Crippen LogP contribution in [0.4, 0.5) is 29.2 Å². The monoisotopic (exact) mass is 489 g/mol. The Morgan fingerprint density at radius 3 is 1.83 bits per heavy atom. The SMILES string of the molecule is O=C(Nc1ccc(Nc2nc(N3CCCCC3)nc(N3CCCCC3)n2)cc1)c1ccc(O)cc1O. The second-order valence-electron chi connectivity index (χ2n) is 9.21. The van der Waals surface area contributed by atoms with Crippen LogP contribution < -0.4 is 20.4 Å². The number of hydrogen-bond acceptors (Lipinski definition) is 9. The molecule has 0 bridgehead atoms. The van der Waals surface area contributed by atoms with Crippen molar-refractivity contribution in [3.8, 4) is 11.5 Å². The summed E-state index contributed by atoms with van der Waals surface area (Å²) in [6.45, 7) is 3.81. The Morgan fingerprint density at radius 1 is 0.722 bits per heavy atom. The molecular weight excluding hydrogens is 458 g/mol. The van der Waals surface area contributed by atoms with Crippen molar-refractivity contribution in [3.63, 3.8) is 0 Å². The number of nitrogens with zero attached hydrogens (tertiary/aromatic N) is 5. The summed E-state index contributed by atoms with van der Waals surface area (Å²) < 4.78 is 0. The van der Waals surface area contributed by atoms with Crippen LogP contribution in [-0.2, 0) is 0 Å². The fourth-order valence-electron chi connectivity index (χ4n) is 4.56. The third kappa shape index (κ3) is 5.59. The zero-order valence-electron chi connectivity index (χ0n) is 20.2. The van der Waals surface area contributed by atoms with Gasteiger partial charge in [0.1, 0.15) is 11.5 Å². The van der Waals surface area contributed by atoms with E-state index in [-0.39, 0.29) is 17.1 Å². The predicted molar refractivity (Wildman–Crippen MR) is 139 cm³/mol. The number of carbonyl (C=O) groups is 1. The lowest BCUT2D eigenvalue weighted by atomic mass is 10.1. The minimum Gasteiger partial charge on any atom is -0.508 e. The maximum atomic E-state index is 12.5. The van der Waals surface area contributed by atoms with E-state index in [0.29, 0.717) is 23.5 Å². The summed E-state index contributed by atoms with van der Waals surface area (Å²) in [6.07, 6.45) is 7.04. The van der Waals surface area contributed by atoms with E-state index in [0.717, 1.165) is 63.6 Å². The fourth-order valence-corrected chi connectivity index (χ4v) is 4.56. The van der Waals surface area contributed by atoms with Gasteiger partial charge < -0.3 is 30.6 Å². The van der Waals surface area contributed by atoms with Crippen LogP contribution in [0.3, 0.4) is 0 Å². The van der Waals surface area contributed by atoms with Crippen molar-refractivity contribution in [2.75, 3.05) is 46.6 Å². The molecule has 2 fully saturated rings. The van der Waals surface area contributed by atoms with Gasteiger partial charge >= 0.3 is 0 Å². The number of amides is 1. The van der Waals surface area contributed by atoms with Crippen molar-refractivity contribution in [3.05, 3.63) is 48.0 Å². The highest BCUT2D eigenvalue weighted by molar-refractivity contribution is 6.06. The van der Waals surface area contributed by atoms with Crippen molar-refractivity contribution >= 4 is 35.1 Å². The zero-order chi connectivity index (χ0) is 24.9. The van der Waals surface area contributed by atoms with Crippen LogP contribution in [0.2, 0.25) is 0 Å². The molecule has 2 saturated heterocycles. The number of nitrogens with one attached hydrogen (secondary N) is 2. The van der Waals surface area contributed by atoms with Crippen LogP contribution in [0.1, 0.15) is 48.9 Å². The summed E-state index contributed by atoms with van der Waals surface area (Å²) in [5.41, 5.74) is 1.42. The summed E-state index contributed by atoms with van der Waals surface area (Å²) >= 11 is 0. The largest absolute Gasteiger partial charge is 0.508 e. The number of benzene rings is 2. The zero-order valence-corrected chi connectivity index (χ0v) is 20.2. The third-order valence-corrected chi connectivity index (χ3v) is 6.51. The van der Waals surface area contributed by atoms with Gasteiger partial charge in [-0.25, -0.2) is 0 Å². The van der Waals surface area contributed by atoms with Crippen LogP contribution in [0, 0.1) is 0 Å². The van der Waals surface area contributed by atoms with E-state index in [4.69, 9.17) is 15.0 Å². The number of rotatable bonds is 6. The summed E-state index contributed by atoms with van der Waals surface area (Å²) in [5, 5.41) is 25.4. The minimum atomic E-state index is -0.469. The molecule has 3 heterocycles. The molecule has 188 valence electrons. The Balaban J connectivity index is 1.32. The molecule has 0 spiro atoms. The first-order valence-corrected chi connectivity index (χ1v) is 12.5. The predicted octanol–water partition coefficient (Wildman–Crippen LogP) is 4.26. The van der Waals surface area contributed by atoms with Crippen molar-refractivity contribution in [1.82, 2.24) is 15.0 Å². The van der Waals surface area contributed by atoms with Gasteiger partial charge in [0, 0.05) is 43.6 Å². The average Bonchev–Trinajstić information content (AvgIpc) is 2.90. The highest BCUT2D eigenvalue weighted by Crippen LogP contribution is 2.26. The molecular formula is C26H31N7O3. The lowest BCUT2D eigenvalue weighted by Gasteiger charge is -2.30. The first-order chi connectivity index (χ1) is 17.5. The number of aromatic nitrogens is 3. The molecule has 10 nitrogen and oxygen atoms in total. The van der Waals surface area contributed by atoms with Crippen molar-refractivity contribution in [1.29, 1.82) is 0 Å². The maximum absolute atomic E-state index is 12.5. The second-order valence-corrected chi connectivity index (χ2v) is 9.21. The summed E-state index contributed by atoms with van der Waals surface area (Å²) in [5.74, 6) is 1.06. The Bertz CT molecular complexity index is 1170. The molecule has 4 N–H and O–H groups in total. The van der Waals surface area contributed by atoms with Crippen LogP contribution in [-0.4, -0.2) is 57.3 Å². The van der Waals surface area contributed by atoms with Gasteiger partial charge in [-0.2, -0.15) is 15.0 Å². The fraction of sp³-hybridized carbons (Fsp3) is 0.385. The smallest absolute Gasteiger partial charge is 0.259 e. The number of phenols is 2. The number of piperidine rings is 2. The van der Waals surface area contributed by atoms with Gasteiger partial charge in [0.15, 0.2) is 0 Å². The van der Waals surface area contributed by atoms with Crippen LogP contribution >= 0.6 is 0 Å². The highest BCUT2D eigenvalue weighted by Gasteiger charge is 2.20. The minimum absolute atomic E-state index is 0.0793. The lowest BCUT2D eigenvalue weighted by molar-refractivity contribution is 0.102. The molecule has 0 unspecified atom stereocenters. The molecule has 2 aliphatic heterocycles. The molecule has 0 aliphatic carbocycles. The quantitative estimate of drug-likeness (QED) is 0.402. The molecule has 3 aromatic rings. The van der Waals surface area contributed by atoms with E-state index >= 15 is 0 Å². The summed E-state index contributed by atoms with van der Waals surface area (Å²) in [6, 6.07) is 11.0. The Labute approximate surface area is 210 Å². The Hall–Kier alpha value is -4.08. The maximum Gasteiger partial charge on any atom is 0.259 e. The molecule has 0 atom stereocenters. The van der Waals surface area contributed by atoms with E-state index in [1.165, 1.54) is 25.0 Å². The van der Waals surface area contributed by atoms with Crippen LogP contribution in [0.5, 0.6) is 11.5 Å². The van der Waals surface area contributed by atoms with E-state index in [1.54, 1.807) is 12.1 Å². The Kier molecular flexibility index (Phi) is 7.01. The van der Waals surface area contributed by atoms with Gasteiger partial charge in [0.05, 0.1) is 5.56 Å². The van der Waals surface area contributed by atoms with Crippen LogP contribution in [0.15, 0.2) is 42.5 Å². The van der Waals surface area contributed by atoms with Gasteiger partial charge in [0.2, 0.25) is 17.8 Å². The van der Waals surface area contributed by atoms with Crippen molar-refractivity contribution in [2.24, 2.45) is 0 Å². The summed E-state index contributed by atoms with van der Waals surface area (Å²) in [7, 11) is 0. The normalized spacial score (nSPS) is 16.0. The van der Waals surface area contributed by atoms with Gasteiger partial charge in [0.25, 0.3) is 5.91 Å². The molecule has 2 aromatic carbocycles. The van der Waals surface area contributed by atoms with E-state index in [9.17, 15) is 15.0 Å². The highest BCUT2D eigenvalue weighted by atomic mass is 16.3. The second kappa shape index (κ2) is 10.7. The topological polar surface area (TPSA) is 127 Å². The molecule has 10 heteroatoms. The van der Waals surface area contributed by atoms with E-state index in [2.05, 4.69) is 20.4 Å². The number of aromatic hydroxyl groups is 2. The van der Waals surface area contributed by atoms with Gasteiger partial charge in [-0.15, -0.1) is 0 Å². The summed E-state index contributed by atoms with van der Waals surface area (Å²) in [4.78, 5) is 31.2. The van der Waals surface area contributed by atoms with Crippen molar-refractivity contribution in [2.45, 2.75) is 38.5 Å². The third-order valence-electron chi connectivity index (χ3n) is 6.51. The first kappa shape index (κ1) is 23.7. The first-order valence-electron chi connectivity index (χ1n) is 12.5.